The van der Waals surface area contributed by atoms with Crippen LogP contribution in [0.15, 0.2) is 6.08 Å². The van der Waals surface area contributed by atoms with E-state index in [1.54, 1.807) is 15.7 Å². The molecule has 7 heteroatoms. The number of nitrogens with two attached hydrogens (primary N) is 1. The van der Waals surface area contributed by atoms with Crippen molar-refractivity contribution in [2.24, 2.45) is 11.7 Å². The number of likely N-dealkylation sites (tertiary alicyclic amines) is 1. The second-order valence-electron chi connectivity index (χ2n) is 6.20. The summed E-state index contributed by atoms with van der Waals surface area (Å²) in [6, 6.07) is 0. The van der Waals surface area contributed by atoms with Crippen LogP contribution in [0.4, 0.5) is 0 Å². The van der Waals surface area contributed by atoms with E-state index in [1.165, 1.54) is 6.08 Å². The van der Waals surface area contributed by atoms with Crippen molar-refractivity contribution in [3.63, 3.8) is 0 Å². The maximum absolute atomic E-state index is 12.3. The van der Waals surface area contributed by atoms with E-state index in [9.17, 15) is 9.59 Å². The number of aryl methyl sites for hydroxylation is 2. The molecule has 0 aromatic carbocycles. The lowest BCUT2D eigenvalue weighted by Gasteiger charge is -2.29. The van der Waals surface area contributed by atoms with E-state index in [1.807, 2.05) is 6.92 Å². The molecule has 2 rings (SSSR count). The van der Waals surface area contributed by atoms with Gasteiger partial charge in [-0.15, -0.1) is 0 Å². The second-order valence-corrected chi connectivity index (χ2v) is 6.56. The number of primary amides is 1. The third-order valence-electron chi connectivity index (χ3n) is 4.43. The van der Waals surface area contributed by atoms with Crippen LogP contribution in [-0.4, -0.2) is 39.6 Å². The average Bonchev–Trinajstić information content (AvgIpc) is 2.84. The lowest BCUT2D eigenvalue weighted by Crippen LogP contribution is -2.41. The molecule has 2 N–H and O–H groups in total. The van der Waals surface area contributed by atoms with Gasteiger partial charge in [0.2, 0.25) is 11.8 Å². The van der Waals surface area contributed by atoms with Crippen molar-refractivity contribution in [3.05, 3.63) is 22.5 Å². The number of aromatic nitrogens is 2. The first-order chi connectivity index (χ1) is 11.4. The molecule has 132 valence electrons. The molecule has 2 amide bonds. The van der Waals surface area contributed by atoms with Crippen LogP contribution in [0.1, 0.15) is 43.9 Å². The van der Waals surface area contributed by atoms with Crippen LogP contribution in [0.3, 0.4) is 0 Å². The molecule has 1 aromatic heterocycles. The Morgan fingerprint density at radius 1 is 1.38 bits per heavy atom. The van der Waals surface area contributed by atoms with Crippen LogP contribution in [0.5, 0.6) is 0 Å². The Morgan fingerprint density at radius 3 is 2.62 bits per heavy atom. The van der Waals surface area contributed by atoms with Gasteiger partial charge in [-0.1, -0.05) is 24.9 Å². The minimum atomic E-state index is -0.278. The Hall–Kier alpha value is -1.82. The number of amides is 2. The summed E-state index contributed by atoms with van der Waals surface area (Å²) < 4.78 is 1.78. The molecule has 6 nitrogen and oxygen atoms in total. The Balaban J connectivity index is 1.99. The molecule has 0 aliphatic carbocycles. The van der Waals surface area contributed by atoms with Gasteiger partial charge < -0.3 is 10.6 Å². The number of rotatable bonds is 6. The summed E-state index contributed by atoms with van der Waals surface area (Å²) in [5.41, 5.74) is 6.91. The number of piperidine rings is 1. The van der Waals surface area contributed by atoms with Gasteiger partial charge in [-0.3, -0.25) is 14.3 Å². The number of hydrogen-bond donors (Lipinski definition) is 1. The molecule has 1 fully saturated rings. The summed E-state index contributed by atoms with van der Waals surface area (Å²) in [6.07, 6.45) is 6.60. The summed E-state index contributed by atoms with van der Waals surface area (Å²) in [5.74, 6) is -0.472. The van der Waals surface area contributed by atoms with Crippen LogP contribution >= 0.6 is 11.6 Å². The van der Waals surface area contributed by atoms with Gasteiger partial charge in [0, 0.05) is 37.2 Å². The highest BCUT2D eigenvalue weighted by Gasteiger charge is 2.24. The Kier molecular flexibility index (Phi) is 6.43. The summed E-state index contributed by atoms with van der Waals surface area (Å²) in [4.78, 5) is 25.2. The number of halogens is 1. The normalized spacial score (nSPS) is 16.0. The van der Waals surface area contributed by atoms with Gasteiger partial charge in [0.15, 0.2) is 0 Å². The van der Waals surface area contributed by atoms with Gasteiger partial charge in [0.25, 0.3) is 0 Å². The number of hydrogen-bond acceptors (Lipinski definition) is 3. The van der Waals surface area contributed by atoms with Gasteiger partial charge in [-0.25, -0.2) is 0 Å². The van der Waals surface area contributed by atoms with Crippen molar-refractivity contribution in [3.8, 4) is 0 Å². The smallest absolute Gasteiger partial charge is 0.246 e. The van der Waals surface area contributed by atoms with E-state index in [4.69, 9.17) is 17.3 Å². The first-order valence-electron chi connectivity index (χ1n) is 8.43. The van der Waals surface area contributed by atoms with Gasteiger partial charge in [-0.2, -0.15) is 5.10 Å². The fourth-order valence-electron chi connectivity index (χ4n) is 2.86. The van der Waals surface area contributed by atoms with Crippen LogP contribution in [0.2, 0.25) is 5.15 Å². The first-order valence-corrected chi connectivity index (χ1v) is 8.81. The molecular weight excluding hydrogens is 328 g/mol. The quantitative estimate of drug-likeness (QED) is 0.798. The minimum Gasteiger partial charge on any atom is -0.369 e. The van der Waals surface area contributed by atoms with Crippen molar-refractivity contribution in [2.45, 2.75) is 46.1 Å². The van der Waals surface area contributed by atoms with Gasteiger partial charge in [0.1, 0.15) is 5.15 Å². The molecule has 2 heterocycles. The zero-order valence-corrected chi connectivity index (χ0v) is 15.1. The minimum absolute atomic E-state index is 0.0744. The maximum atomic E-state index is 12.3. The molecule has 0 bridgehead atoms. The molecular formula is C17H25ClN4O2. The molecule has 0 saturated carbocycles. The molecule has 0 unspecified atom stereocenters. The SMILES string of the molecule is CCCCn1nc(C)c(/C=C/C(=O)N2CCC(C(N)=O)CC2)c1Cl. The van der Waals surface area contributed by atoms with Crippen molar-refractivity contribution in [1.29, 1.82) is 0 Å². The largest absolute Gasteiger partial charge is 0.369 e. The van der Waals surface area contributed by atoms with Gasteiger partial charge >= 0.3 is 0 Å². The van der Waals surface area contributed by atoms with Crippen molar-refractivity contribution in [2.75, 3.05) is 13.1 Å². The highest BCUT2D eigenvalue weighted by atomic mass is 35.5. The molecule has 0 atom stereocenters. The average molecular weight is 353 g/mol. The number of unbranched alkanes of at least 4 members (excludes halogenated alkanes) is 1. The van der Waals surface area contributed by atoms with E-state index in [-0.39, 0.29) is 17.7 Å². The lowest BCUT2D eigenvalue weighted by atomic mass is 9.96. The standard InChI is InChI=1S/C17H25ClN4O2/c1-3-4-9-22-16(18)14(12(2)20-22)5-6-15(23)21-10-7-13(8-11-21)17(19)24/h5-6,13H,3-4,7-11H2,1-2H3,(H2,19,24)/b6-5+. The number of nitrogens with zero attached hydrogens (tertiary/aromatic N) is 3. The second kappa shape index (κ2) is 8.33. The Labute approximate surface area is 147 Å². The maximum Gasteiger partial charge on any atom is 0.246 e. The van der Waals surface area contributed by atoms with Gasteiger partial charge in [0.05, 0.1) is 5.69 Å². The zero-order chi connectivity index (χ0) is 17.7. The van der Waals surface area contributed by atoms with Crippen molar-refractivity contribution >= 4 is 29.5 Å². The summed E-state index contributed by atoms with van der Waals surface area (Å²) in [6.45, 7) is 5.89. The van der Waals surface area contributed by atoms with Crippen molar-refractivity contribution in [1.82, 2.24) is 14.7 Å². The fourth-order valence-corrected chi connectivity index (χ4v) is 3.18. The molecule has 24 heavy (non-hydrogen) atoms. The molecule has 0 spiro atoms. The highest BCUT2D eigenvalue weighted by Crippen LogP contribution is 2.22. The molecule has 1 saturated heterocycles. The van der Waals surface area contributed by atoms with E-state index >= 15 is 0 Å². The molecule has 1 aromatic rings. The van der Waals surface area contributed by atoms with E-state index in [0.29, 0.717) is 31.1 Å². The third kappa shape index (κ3) is 4.38. The number of carbonyl (C=O) groups excluding carboxylic acids is 2. The zero-order valence-electron chi connectivity index (χ0n) is 14.3. The third-order valence-corrected chi connectivity index (χ3v) is 4.83. The summed E-state index contributed by atoms with van der Waals surface area (Å²) >= 11 is 6.36. The highest BCUT2D eigenvalue weighted by molar-refractivity contribution is 6.31. The van der Waals surface area contributed by atoms with Gasteiger partial charge in [-0.05, 0) is 32.3 Å². The predicted octanol–water partition coefficient (Wildman–Crippen LogP) is 2.38. The lowest BCUT2D eigenvalue weighted by molar-refractivity contribution is -0.130. The first kappa shape index (κ1) is 18.5. The molecule has 1 aliphatic heterocycles. The summed E-state index contributed by atoms with van der Waals surface area (Å²) in [7, 11) is 0. The van der Waals surface area contributed by atoms with Crippen LogP contribution in [0.25, 0.3) is 6.08 Å². The fraction of sp³-hybridized carbons (Fsp3) is 0.588. The molecule has 0 radical (unpaired) electrons. The van der Waals surface area contributed by atoms with Crippen molar-refractivity contribution < 1.29 is 9.59 Å². The predicted molar refractivity (Wildman–Crippen MR) is 94.4 cm³/mol. The molecule has 1 aliphatic rings. The van der Waals surface area contributed by atoms with E-state index in [0.717, 1.165) is 30.6 Å². The topological polar surface area (TPSA) is 81.2 Å². The number of carbonyl (C=O) groups is 2. The van der Waals surface area contributed by atoms with E-state index in [2.05, 4.69) is 12.0 Å². The Bertz CT molecular complexity index is 631. The summed E-state index contributed by atoms with van der Waals surface area (Å²) in [5, 5.41) is 4.99. The van der Waals surface area contributed by atoms with Crippen LogP contribution in [0, 0.1) is 12.8 Å². The van der Waals surface area contributed by atoms with Crippen LogP contribution < -0.4 is 5.73 Å². The van der Waals surface area contributed by atoms with E-state index < -0.39 is 0 Å². The Morgan fingerprint density at radius 2 is 2.04 bits per heavy atom. The monoisotopic (exact) mass is 352 g/mol. The van der Waals surface area contributed by atoms with Crippen LogP contribution in [-0.2, 0) is 16.1 Å².